The van der Waals surface area contributed by atoms with E-state index in [9.17, 15) is 0 Å². The van der Waals surface area contributed by atoms with Crippen LogP contribution in [0.5, 0.6) is 0 Å². The van der Waals surface area contributed by atoms with Crippen LogP contribution < -0.4 is 5.32 Å². The number of rotatable bonds is 3. The molecule has 0 amide bonds. The fourth-order valence-electron chi connectivity index (χ4n) is 2.42. The minimum Gasteiger partial charge on any atom is -0.303 e. The van der Waals surface area contributed by atoms with Gasteiger partial charge in [0.25, 0.3) is 0 Å². The average molecular weight is 236 g/mol. The molecule has 16 heavy (non-hydrogen) atoms. The summed E-state index contributed by atoms with van der Waals surface area (Å²) in [6.45, 7) is 4.55. The number of aryl methyl sites for hydroxylation is 2. The average Bonchev–Trinajstić information content (AvgIpc) is 2.94. The molecule has 0 atom stereocenters. The van der Waals surface area contributed by atoms with Crippen LogP contribution in [-0.2, 0) is 18.4 Å². The lowest BCUT2D eigenvalue weighted by molar-refractivity contribution is 0.397. The van der Waals surface area contributed by atoms with E-state index in [4.69, 9.17) is 4.98 Å². The predicted octanol–water partition coefficient (Wildman–Crippen LogP) is 3.01. The quantitative estimate of drug-likeness (QED) is 0.872. The SMILES string of the molecule is CC(C)(NC1CC1)c1nc2c(s1)CCCC2. The number of hydrogen-bond acceptors (Lipinski definition) is 3. The summed E-state index contributed by atoms with van der Waals surface area (Å²) in [7, 11) is 0. The van der Waals surface area contributed by atoms with Crippen molar-refractivity contribution in [1.29, 1.82) is 0 Å². The number of aromatic nitrogens is 1. The lowest BCUT2D eigenvalue weighted by Gasteiger charge is -2.23. The second-order valence-corrected chi connectivity index (χ2v) is 6.72. The van der Waals surface area contributed by atoms with Gasteiger partial charge in [0.05, 0.1) is 11.2 Å². The summed E-state index contributed by atoms with van der Waals surface area (Å²) in [5, 5.41) is 5.00. The van der Waals surface area contributed by atoms with Gasteiger partial charge in [-0.25, -0.2) is 4.98 Å². The molecule has 3 rings (SSSR count). The van der Waals surface area contributed by atoms with Crippen molar-refractivity contribution in [2.45, 2.75) is 64.0 Å². The molecule has 1 N–H and O–H groups in total. The molecule has 1 saturated carbocycles. The fourth-order valence-corrected chi connectivity index (χ4v) is 3.63. The van der Waals surface area contributed by atoms with Gasteiger partial charge in [0, 0.05) is 10.9 Å². The van der Waals surface area contributed by atoms with Crippen molar-refractivity contribution in [3.05, 3.63) is 15.6 Å². The highest BCUT2D eigenvalue weighted by Gasteiger charge is 2.33. The van der Waals surface area contributed by atoms with Crippen molar-refractivity contribution in [3.63, 3.8) is 0 Å². The molecular formula is C13H20N2S. The zero-order valence-corrected chi connectivity index (χ0v) is 11.0. The molecule has 3 heteroatoms. The molecule has 1 aromatic rings. The predicted molar refractivity (Wildman–Crippen MR) is 67.9 cm³/mol. The van der Waals surface area contributed by atoms with Gasteiger partial charge in [0.1, 0.15) is 5.01 Å². The molecule has 1 heterocycles. The highest BCUT2D eigenvalue weighted by atomic mass is 32.1. The Morgan fingerprint density at radius 3 is 2.69 bits per heavy atom. The van der Waals surface area contributed by atoms with Gasteiger partial charge < -0.3 is 5.32 Å². The summed E-state index contributed by atoms with van der Waals surface area (Å²) in [4.78, 5) is 6.41. The summed E-state index contributed by atoms with van der Waals surface area (Å²) >= 11 is 1.94. The molecule has 1 fully saturated rings. The van der Waals surface area contributed by atoms with Crippen LogP contribution in [0.4, 0.5) is 0 Å². The van der Waals surface area contributed by atoms with Gasteiger partial charge in [-0.2, -0.15) is 0 Å². The topological polar surface area (TPSA) is 24.9 Å². The summed E-state index contributed by atoms with van der Waals surface area (Å²) in [5.74, 6) is 0. The van der Waals surface area contributed by atoms with Gasteiger partial charge in [-0.1, -0.05) is 0 Å². The first-order chi connectivity index (χ1) is 7.65. The highest BCUT2D eigenvalue weighted by molar-refractivity contribution is 7.11. The molecule has 0 bridgehead atoms. The maximum absolute atomic E-state index is 4.86. The fraction of sp³-hybridized carbons (Fsp3) is 0.769. The molecule has 88 valence electrons. The number of nitrogens with one attached hydrogen (secondary N) is 1. The Labute approximate surface area is 101 Å². The monoisotopic (exact) mass is 236 g/mol. The van der Waals surface area contributed by atoms with Crippen molar-refractivity contribution in [2.24, 2.45) is 0 Å². The molecule has 2 nitrogen and oxygen atoms in total. The summed E-state index contributed by atoms with van der Waals surface area (Å²) in [6.07, 6.45) is 7.82. The second kappa shape index (κ2) is 3.81. The van der Waals surface area contributed by atoms with Crippen LogP contribution in [0.1, 0.15) is 55.1 Å². The van der Waals surface area contributed by atoms with Crippen LogP contribution >= 0.6 is 11.3 Å². The zero-order chi connectivity index (χ0) is 11.2. The maximum atomic E-state index is 4.86. The molecule has 0 aliphatic heterocycles. The molecular weight excluding hydrogens is 216 g/mol. The van der Waals surface area contributed by atoms with Crippen molar-refractivity contribution in [2.75, 3.05) is 0 Å². The Kier molecular flexibility index (Phi) is 2.55. The molecule has 2 aliphatic rings. The van der Waals surface area contributed by atoms with Crippen LogP contribution in [0.3, 0.4) is 0 Å². The normalized spacial score (nSPS) is 20.9. The zero-order valence-electron chi connectivity index (χ0n) is 10.2. The van der Waals surface area contributed by atoms with Crippen LogP contribution in [-0.4, -0.2) is 11.0 Å². The third kappa shape index (κ3) is 2.03. The van der Waals surface area contributed by atoms with Gasteiger partial charge in [0.15, 0.2) is 0 Å². The molecule has 0 saturated heterocycles. The van der Waals surface area contributed by atoms with E-state index < -0.39 is 0 Å². The Morgan fingerprint density at radius 2 is 2.00 bits per heavy atom. The van der Waals surface area contributed by atoms with Crippen molar-refractivity contribution in [1.82, 2.24) is 10.3 Å². The smallest absolute Gasteiger partial charge is 0.113 e. The van der Waals surface area contributed by atoms with Crippen LogP contribution in [0.25, 0.3) is 0 Å². The minimum absolute atomic E-state index is 0.0726. The molecule has 0 unspecified atom stereocenters. The first-order valence-electron chi connectivity index (χ1n) is 6.42. The first kappa shape index (κ1) is 10.7. The third-order valence-electron chi connectivity index (χ3n) is 3.52. The van der Waals surface area contributed by atoms with E-state index in [1.54, 1.807) is 4.88 Å². The van der Waals surface area contributed by atoms with Gasteiger partial charge in [-0.3, -0.25) is 0 Å². The van der Waals surface area contributed by atoms with Gasteiger partial charge in [0.2, 0.25) is 0 Å². The van der Waals surface area contributed by atoms with E-state index in [2.05, 4.69) is 19.2 Å². The van der Waals surface area contributed by atoms with Gasteiger partial charge in [-0.15, -0.1) is 11.3 Å². The first-order valence-corrected chi connectivity index (χ1v) is 7.23. The van der Waals surface area contributed by atoms with Crippen molar-refractivity contribution >= 4 is 11.3 Å². The lowest BCUT2D eigenvalue weighted by Crippen LogP contribution is -2.37. The van der Waals surface area contributed by atoms with E-state index in [-0.39, 0.29) is 5.54 Å². The van der Waals surface area contributed by atoms with Crippen LogP contribution in [0, 0.1) is 0 Å². The number of hydrogen-bond donors (Lipinski definition) is 1. The molecule has 0 aromatic carbocycles. The molecule has 0 radical (unpaired) electrons. The highest BCUT2D eigenvalue weighted by Crippen LogP contribution is 2.34. The third-order valence-corrected chi connectivity index (χ3v) is 5.00. The van der Waals surface area contributed by atoms with Gasteiger partial charge in [-0.05, 0) is 52.4 Å². The van der Waals surface area contributed by atoms with E-state index >= 15 is 0 Å². The maximum Gasteiger partial charge on any atom is 0.113 e. The molecule has 2 aliphatic carbocycles. The standard InChI is InChI=1S/C13H20N2S/c1-13(2,15-9-7-8-9)12-14-10-5-3-4-6-11(10)16-12/h9,15H,3-8H2,1-2H3. The summed E-state index contributed by atoms with van der Waals surface area (Å²) < 4.78 is 0. The van der Waals surface area contributed by atoms with Crippen molar-refractivity contribution in [3.8, 4) is 0 Å². The van der Waals surface area contributed by atoms with Crippen LogP contribution in [0.2, 0.25) is 0 Å². The van der Waals surface area contributed by atoms with Crippen molar-refractivity contribution < 1.29 is 0 Å². The molecule has 1 aromatic heterocycles. The van der Waals surface area contributed by atoms with E-state index in [1.807, 2.05) is 11.3 Å². The number of thiazole rings is 1. The summed E-state index contributed by atoms with van der Waals surface area (Å²) in [6, 6.07) is 0.746. The summed E-state index contributed by atoms with van der Waals surface area (Å²) in [5.41, 5.74) is 1.46. The van der Waals surface area contributed by atoms with Crippen LogP contribution in [0.15, 0.2) is 0 Å². The Bertz CT molecular complexity index is 367. The number of nitrogens with zero attached hydrogens (tertiary/aromatic N) is 1. The minimum atomic E-state index is 0.0726. The largest absolute Gasteiger partial charge is 0.303 e. The van der Waals surface area contributed by atoms with E-state index in [0.717, 1.165) is 6.04 Å². The van der Waals surface area contributed by atoms with Gasteiger partial charge >= 0.3 is 0 Å². The lowest BCUT2D eigenvalue weighted by atomic mass is 10.0. The van der Waals surface area contributed by atoms with E-state index in [1.165, 1.54) is 49.2 Å². The Morgan fingerprint density at radius 1 is 1.25 bits per heavy atom. The second-order valence-electron chi connectivity index (χ2n) is 5.64. The van der Waals surface area contributed by atoms with E-state index in [0.29, 0.717) is 0 Å². The number of fused-ring (bicyclic) bond motifs is 1. The Hall–Kier alpha value is -0.410. The molecule has 0 spiro atoms. The Balaban J connectivity index is 1.84.